The number of hydrogen-bond acceptors (Lipinski definition) is 3. The number of para-hydroxylation sites is 1. The van der Waals surface area contributed by atoms with E-state index < -0.39 is 11.8 Å². The smallest absolute Gasteiger partial charge is 0.265 e. The van der Waals surface area contributed by atoms with Crippen molar-refractivity contribution < 1.29 is 4.79 Å². The molecule has 5 nitrogen and oxygen atoms in total. The first-order valence-corrected chi connectivity index (χ1v) is 7.78. The molecule has 0 saturated carbocycles. The predicted molar refractivity (Wildman–Crippen MR) is 94.4 cm³/mol. The van der Waals surface area contributed by atoms with Crippen molar-refractivity contribution in [2.45, 2.75) is 26.7 Å². The molecule has 1 heterocycles. The number of amides is 1. The summed E-state index contributed by atoms with van der Waals surface area (Å²) in [5, 5.41) is 0.511. The van der Waals surface area contributed by atoms with Crippen LogP contribution in [0.5, 0.6) is 0 Å². The van der Waals surface area contributed by atoms with Gasteiger partial charge in [0.15, 0.2) is 0 Å². The van der Waals surface area contributed by atoms with Crippen LogP contribution in [0.25, 0.3) is 16.6 Å². The summed E-state index contributed by atoms with van der Waals surface area (Å²) in [6, 6.07) is 13.0. The number of nitrogens with two attached hydrogens (primary N) is 1. The molecule has 0 saturated heterocycles. The Hall–Kier alpha value is -2.95. The van der Waals surface area contributed by atoms with Crippen LogP contribution < -0.4 is 11.3 Å². The van der Waals surface area contributed by atoms with E-state index in [1.54, 1.807) is 25.1 Å². The van der Waals surface area contributed by atoms with Gasteiger partial charge in [-0.2, -0.15) is 0 Å². The molecule has 2 aromatic carbocycles. The first kappa shape index (κ1) is 15.9. The lowest BCUT2D eigenvalue weighted by molar-refractivity contribution is -0.119. The second-order valence-electron chi connectivity index (χ2n) is 6.10. The summed E-state index contributed by atoms with van der Waals surface area (Å²) < 4.78 is 1.50. The Morgan fingerprint density at radius 1 is 1.12 bits per heavy atom. The summed E-state index contributed by atoms with van der Waals surface area (Å²) in [4.78, 5) is 29.4. The zero-order valence-corrected chi connectivity index (χ0v) is 13.9. The molecule has 0 radical (unpaired) electrons. The van der Waals surface area contributed by atoms with E-state index in [1.165, 1.54) is 4.57 Å². The normalized spacial score (nSPS) is 12.3. The quantitative estimate of drug-likeness (QED) is 0.805. The van der Waals surface area contributed by atoms with Gasteiger partial charge in [0, 0.05) is 0 Å². The second-order valence-corrected chi connectivity index (χ2v) is 6.10. The Balaban J connectivity index is 2.43. The number of benzene rings is 2. The van der Waals surface area contributed by atoms with Crippen molar-refractivity contribution in [3.63, 3.8) is 0 Å². The molecule has 0 spiro atoms. The van der Waals surface area contributed by atoms with Crippen molar-refractivity contribution in [1.82, 2.24) is 9.55 Å². The maximum absolute atomic E-state index is 13.1. The van der Waals surface area contributed by atoms with Crippen molar-refractivity contribution >= 4 is 16.8 Å². The highest BCUT2D eigenvalue weighted by molar-refractivity contribution is 5.83. The van der Waals surface area contributed by atoms with Gasteiger partial charge in [0.05, 0.1) is 22.5 Å². The molecule has 0 aliphatic heterocycles. The van der Waals surface area contributed by atoms with Gasteiger partial charge >= 0.3 is 0 Å². The van der Waals surface area contributed by atoms with Crippen LogP contribution in [0.4, 0.5) is 0 Å². The molecule has 122 valence electrons. The molecule has 1 aromatic heterocycles. The van der Waals surface area contributed by atoms with Gasteiger partial charge in [-0.15, -0.1) is 0 Å². The first-order chi connectivity index (χ1) is 11.4. The molecule has 1 atom stereocenters. The number of aryl methyl sites for hydroxylation is 2. The lowest BCUT2D eigenvalue weighted by atomic mass is 10.1. The lowest BCUT2D eigenvalue weighted by Gasteiger charge is -2.17. The predicted octanol–water partition coefficient (Wildman–Crippen LogP) is 2.59. The number of carbonyl (C=O) groups excluding carboxylic acids is 1. The molecular weight excluding hydrogens is 302 g/mol. The van der Waals surface area contributed by atoms with E-state index in [0.717, 1.165) is 11.1 Å². The molecule has 3 rings (SSSR count). The number of carbonyl (C=O) groups is 1. The molecule has 1 unspecified atom stereocenters. The van der Waals surface area contributed by atoms with Crippen molar-refractivity contribution in [2.75, 3.05) is 0 Å². The van der Waals surface area contributed by atoms with E-state index in [-0.39, 0.29) is 5.56 Å². The summed E-state index contributed by atoms with van der Waals surface area (Å²) in [5.74, 6) is -0.838. The molecule has 2 N–H and O–H groups in total. The Morgan fingerprint density at radius 3 is 2.38 bits per heavy atom. The molecule has 1 amide bonds. The highest BCUT2D eigenvalue weighted by atomic mass is 16.1. The van der Waals surface area contributed by atoms with Gasteiger partial charge in [-0.3, -0.25) is 14.2 Å². The summed E-state index contributed by atoms with van der Waals surface area (Å²) >= 11 is 0. The van der Waals surface area contributed by atoms with Crippen LogP contribution in [0.15, 0.2) is 47.3 Å². The lowest BCUT2D eigenvalue weighted by Crippen LogP contribution is -2.30. The zero-order valence-electron chi connectivity index (χ0n) is 13.9. The average molecular weight is 321 g/mol. The minimum atomic E-state index is -0.678. The topological polar surface area (TPSA) is 78.0 Å². The van der Waals surface area contributed by atoms with Crippen LogP contribution in [0.2, 0.25) is 0 Å². The Labute approximate surface area is 139 Å². The fraction of sp³-hybridized carbons (Fsp3) is 0.211. The van der Waals surface area contributed by atoms with Crippen LogP contribution in [-0.2, 0) is 4.79 Å². The summed E-state index contributed by atoms with van der Waals surface area (Å²) in [7, 11) is 0. The van der Waals surface area contributed by atoms with E-state index in [1.807, 2.05) is 38.1 Å². The average Bonchev–Trinajstić information content (AvgIpc) is 2.53. The van der Waals surface area contributed by atoms with Crippen LogP contribution in [0.3, 0.4) is 0 Å². The monoisotopic (exact) mass is 321 g/mol. The fourth-order valence-corrected chi connectivity index (χ4v) is 2.90. The van der Waals surface area contributed by atoms with Gasteiger partial charge in [-0.05, 0) is 56.2 Å². The Bertz CT molecular complexity index is 985. The Morgan fingerprint density at radius 2 is 1.75 bits per heavy atom. The van der Waals surface area contributed by atoms with Crippen LogP contribution in [0, 0.1) is 13.8 Å². The maximum atomic E-state index is 13.1. The molecule has 0 aliphatic carbocycles. The molecule has 0 bridgehead atoms. The summed E-state index contributed by atoms with van der Waals surface area (Å²) in [6.07, 6.45) is 0. The highest BCUT2D eigenvalue weighted by Crippen LogP contribution is 2.20. The minimum Gasteiger partial charge on any atom is -0.369 e. The molecular formula is C19H19N3O2. The molecule has 0 fully saturated rings. The van der Waals surface area contributed by atoms with E-state index >= 15 is 0 Å². The standard InChI is InChI=1S/C19H19N3O2/c1-11-8-12(2)10-14(9-11)22-18(13(3)17(20)23)21-16-7-5-4-6-15(16)19(22)24/h4-10,13H,1-3H3,(H2,20,23). The van der Waals surface area contributed by atoms with Gasteiger partial charge in [0.25, 0.3) is 5.56 Å². The van der Waals surface area contributed by atoms with Crippen molar-refractivity contribution in [3.8, 4) is 5.69 Å². The van der Waals surface area contributed by atoms with Gasteiger partial charge < -0.3 is 5.73 Å². The maximum Gasteiger partial charge on any atom is 0.265 e. The molecule has 3 aromatic rings. The summed E-state index contributed by atoms with van der Waals surface area (Å²) in [6.45, 7) is 5.60. The Kier molecular flexibility index (Phi) is 3.93. The van der Waals surface area contributed by atoms with Crippen LogP contribution >= 0.6 is 0 Å². The van der Waals surface area contributed by atoms with Crippen molar-refractivity contribution in [2.24, 2.45) is 5.73 Å². The zero-order chi connectivity index (χ0) is 17.4. The number of nitrogens with zero attached hydrogens (tertiary/aromatic N) is 2. The second kappa shape index (κ2) is 5.92. The van der Waals surface area contributed by atoms with E-state index in [9.17, 15) is 9.59 Å². The number of fused-ring (bicyclic) bond motifs is 1. The van der Waals surface area contributed by atoms with E-state index in [4.69, 9.17) is 5.73 Å². The molecule has 5 heteroatoms. The number of rotatable bonds is 3. The number of hydrogen-bond donors (Lipinski definition) is 1. The highest BCUT2D eigenvalue weighted by Gasteiger charge is 2.21. The molecule has 0 aliphatic rings. The number of primary amides is 1. The third kappa shape index (κ3) is 2.69. The van der Waals surface area contributed by atoms with Gasteiger partial charge in [0.1, 0.15) is 5.82 Å². The van der Waals surface area contributed by atoms with Gasteiger partial charge in [0.2, 0.25) is 5.91 Å². The van der Waals surface area contributed by atoms with Crippen LogP contribution in [-0.4, -0.2) is 15.5 Å². The van der Waals surface area contributed by atoms with Gasteiger partial charge in [-0.1, -0.05) is 18.2 Å². The third-order valence-corrected chi connectivity index (χ3v) is 4.08. The van der Waals surface area contributed by atoms with Gasteiger partial charge in [-0.25, -0.2) is 4.98 Å². The van der Waals surface area contributed by atoms with Crippen molar-refractivity contribution in [1.29, 1.82) is 0 Å². The van der Waals surface area contributed by atoms with Crippen LogP contribution in [0.1, 0.15) is 29.8 Å². The molecule has 24 heavy (non-hydrogen) atoms. The minimum absolute atomic E-state index is 0.200. The summed E-state index contributed by atoms with van der Waals surface area (Å²) in [5.41, 5.74) is 8.59. The van der Waals surface area contributed by atoms with E-state index in [2.05, 4.69) is 4.98 Å². The number of aromatic nitrogens is 2. The van der Waals surface area contributed by atoms with E-state index in [0.29, 0.717) is 22.4 Å². The van der Waals surface area contributed by atoms with Crippen molar-refractivity contribution in [3.05, 3.63) is 69.8 Å². The SMILES string of the molecule is Cc1cc(C)cc(-n2c(C(C)C(N)=O)nc3ccccc3c2=O)c1. The third-order valence-electron chi connectivity index (χ3n) is 4.08. The largest absolute Gasteiger partial charge is 0.369 e. The fourth-order valence-electron chi connectivity index (χ4n) is 2.90. The first-order valence-electron chi connectivity index (χ1n) is 7.78.